The van der Waals surface area contributed by atoms with E-state index in [2.05, 4.69) is 95.3 Å². The first-order valence-corrected chi connectivity index (χ1v) is 8.89. The van der Waals surface area contributed by atoms with Gasteiger partial charge in [0.25, 0.3) is 0 Å². The summed E-state index contributed by atoms with van der Waals surface area (Å²) in [5, 5.41) is 2.63. The molecule has 0 aliphatic heterocycles. The quantitative estimate of drug-likeness (QED) is 0.211. The van der Waals surface area contributed by atoms with Gasteiger partial charge in [-0.1, -0.05) is 88.7 Å². The first-order valence-electron chi connectivity index (χ1n) is 8.89. The van der Waals surface area contributed by atoms with E-state index in [1.807, 2.05) is 6.07 Å². The molecule has 0 aliphatic rings. The predicted octanol–water partition coefficient (Wildman–Crippen LogP) is 1.18. The second-order valence-electron chi connectivity index (χ2n) is 6.86. The minimum Gasteiger partial charge on any atom is -1.00 e. The van der Waals surface area contributed by atoms with Crippen molar-refractivity contribution in [3.8, 4) is 11.1 Å². The third-order valence-corrected chi connectivity index (χ3v) is 5.54. The fourth-order valence-corrected chi connectivity index (χ4v) is 3.35. The van der Waals surface area contributed by atoms with Crippen molar-refractivity contribution < 1.29 is 74.2 Å². The van der Waals surface area contributed by atoms with Crippen molar-refractivity contribution in [1.82, 2.24) is 0 Å². The van der Waals surface area contributed by atoms with Crippen molar-refractivity contribution >= 4 is 10.8 Å². The smallest absolute Gasteiger partial charge is 1.00 e. The van der Waals surface area contributed by atoms with Crippen molar-refractivity contribution in [1.29, 1.82) is 0 Å². The predicted molar refractivity (Wildman–Crippen MR) is 111 cm³/mol. The van der Waals surface area contributed by atoms with Crippen LogP contribution in [-0.4, -0.2) is 0 Å². The van der Waals surface area contributed by atoms with E-state index in [4.69, 9.17) is 0 Å². The molecule has 144 valence electrons. The average Bonchev–Trinajstić information content (AvgIpc) is 3.16. The molecule has 0 fully saturated rings. The van der Waals surface area contributed by atoms with Crippen LogP contribution < -0.4 is 48.0 Å². The zero-order chi connectivity index (χ0) is 18.0. The Balaban J connectivity index is 0.000000503. The molecule has 0 saturated heterocycles. The van der Waals surface area contributed by atoms with Crippen LogP contribution in [0.1, 0.15) is 27.8 Å². The summed E-state index contributed by atoms with van der Waals surface area (Å²) in [5.41, 5.74) is 9.93. The van der Waals surface area contributed by atoms with E-state index in [0.29, 0.717) is 0 Å². The summed E-state index contributed by atoms with van der Waals surface area (Å²) >= 11 is 0. The second-order valence-corrected chi connectivity index (χ2v) is 6.86. The van der Waals surface area contributed by atoms with E-state index in [0.717, 1.165) is 0 Å². The monoisotopic (exact) mass is 670 g/mol. The fourth-order valence-electron chi connectivity index (χ4n) is 3.35. The van der Waals surface area contributed by atoms with Crippen LogP contribution in [0.25, 0.3) is 21.9 Å². The number of benzene rings is 2. The molecule has 0 N–H and O–H groups in total. The summed E-state index contributed by atoms with van der Waals surface area (Å²) in [6.07, 6.45) is 0. The van der Waals surface area contributed by atoms with Crippen molar-refractivity contribution in [2.75, 3.05) is 0 Å². The van der Waals surface area contributed by atoms with Gasteiger partial charge in [0.05, 0.1) is 0 Å². The van der Waals surface area contributed by atoms with E-state index in [-0.39, 0.29) is 74.2 Å². The molecule has 0 spiro atoms. The molecule has 4 aromatic carbocycles. The largest absolute Gasteiger partial charge is 4.00 e. The van der Waals surface area contributed by atoms with Crippen LogP contribution in [0.3, 0.4) is 0 Å². The van der Waals surface area contributed by atoms with Gasteiger partial charge in [0, 0.05) is 0 Å². The minimum atomic E-state index is 0. The van der Waals surface area contributed by atoms with Crippen molar-refractivity contribution in [2.24, 2.45) is 0 Å². The van der Waals surface area contributed by atoms with Crippen LogP contribution in [0, 0.1) is 34.6 Å². The molecule has 0 nitrogen and oxygen atoms in total. The molecule has 4 aromatic rings. The van der Waals surface area contributed by atoms with Gasteiger partial charge in [0.1, 0.15) is 0 Å². The van der Waals surface area contributed by atoms with Crippen LogP contribution in [0.15, 0.2) is 66.7 Å². The number of fused-ring (bicyclic) bond motifs is 1. The molecule has 0 atom stereocenters. The van der Waals surface area contributed by atoms with Crippen LogP contribution in [0.4, 0.5) is 0 Å². The molecule has 0 amide bonds. The Hall–Kier alpha value is -0.257. The maximum atomic E-state index is 2.24. The standard InChI is InChI=1S/C15H11.C10H15.2HI.Zr/c1-2-6-12(7-3-1)15-10-13-8-4-5-9-14(13)11-15;1-6-7(2)9(4)10(5)8(6)3;;;/h1-11H;1-5H3;2*1H;/q2*-1;;;+4/p-2. The minimum absolute atomic E-state index is 0. The summed E-state index contributed by atoms with van der Waals surface area (Å²) in [4.78, 5) is 0. The van der Waals surface area contributed by atoms with E-state index >= 15 is 0 Å². The SMILES string of the molecule is Cc1c(C)c(C)[c-](C)c1C.[I-].[I-].[Zr+4].c1ccc(-c2cc3ccccc3[cH-]2)cc1. The Morgan fingerprint density at radius 2 is 1.21 bits per heavy atom. The first kappa shape index (κ1) is 27.7. The Labute approximate surface area is 223 Å². The van der Waals surface area contributed by atoms with Crippen molar-refractivity contribution in [3.05, 3.63) is 94.5 Å². The van der Waals surface area contributed by atoms with Gasteiger partial charge < -0.3 is 48.0 Å². The Morgan fingerprint density at radius 1 is 0.714 bits per heavy atom. The summed E-state index contributed by atoms with van der Waals surface area (Å²) < 4.78 is 0. The molecule has 0 heterocycles. The summed E-state index contributed by atoms with van der Waals surface area (Å²) in [6.45, 7) is 11.0. The van der Waals surface area contributed by atoms with E-state index < -0.39 is 0 Å². The molecule has 0 unspecified atom stereocenters. The van der Waals surface area contributed by atoms with Crippen LogP contribution in [-0.2, 0) is 26.2 Å². The number of hydrogen-bond acceptors (Lipinski definition) is 0. The second kappa shape index (κ2) is 12.4. The molecule has 4 rings (SSSR count). The number of halogens is 2. The molecule has 0 aromatic heterocycles. The molecule has 28 heavy (non-hydrogen) atoms. The summed E-state index contributed by atoms with van der Waals surface area (Å²) in [5.74, 6) is 0. The van der Waals surface area contributed by atoms with Crippen molar-refractivity contribution in [2.45, 2.75) is 34.6 Å². The third-order valence-electron chi connectivity index (χ3n) is 5.54. The zero-order valence-corrected chi connectivity index (χ0v) is 23.9. The summed E-state index contributed by atoms with van der Waals surface area (Å²) in [7, 11) is 0. The van der Waals surface area contributed by atoms with E-state index in [1.165, 1.54) is 49.7 Å². The number of rotatable bonds is 1. The molecular formula is C25H26I2Zr. The normalized spacial score (nSPS) is 9.46. The molecule has 0 aliphatic carbocycles. The average molecular weight is 672 g/mol. The first-order chi connectivity index (χ1) is 12.0. The molecule has 0 bridgehead atoms. The van der Waals surface area contributed by atoms with Gasteiger partial charge in [-0.25, -0.2) is 0 Å². The van der Waals surface area contributed by atoms with Gasteiger partial charge in [-0.15, -0.1) is 34.5 Å². The Kier molecular flexibility index (Phi) is 12.3. The maximum absolute atomic E-state index is 2.24. The van der Waals surface area contributed by atoms with Crippen molar-refractivity contribution in [3.63, 3.8) is 0 Å². The number of hydrogen-bond donors (Lipinski definition) is 0. The van der Waals surface area contributed by atoms with Gasteiger partial charge >= 0.3 is 26.2 Å². The van der Waals surface area contributed by atoms with Gasteiger partial charge in [0.2, 0.25) is 0 Å². The summed E-state index contributed by atoms with van der Waals surface area (Å²) in [6, 6.07) is 23.4. The van der Waals surface area contributed by atoms with E-state index in [1.54, 1.807) is 0 Å². The van der Waals surface area contributed by atoms with Crippen LogP contribution in [0.2, 0.25) is 0 Å². The van der Waals surface area contributed by atoms with E-state index in [9.17, 15) is 0 Å². The molecule has 0 saturated carbocycles. The van der Waals surface area contributed by atoms with Gasteiger partial charge in [-0.05, 0) is 0 Å². The van der Waals surface area contributed by atoms with Gasteiger partial charge in [0.15, 0.2) is 0 Å². The molecular weight excluding hydrogens is 645 g/mol. The maximum Gasteiger partial charge on any atom is 4.00 e. The molecule has 3 heteroatoms. The Morgan fingerprint density at radius 3 is 1.68 bits per heavy atom. The zero-order valence-electron chi connectivity index (χ0n) is 17.1. The van der Waals surface area contributed by atoms with Crippen LogP contribution in [0.5, 0.6) is 0 Å². The third kappa shape index (κ3) is 6.12. The van der Waals surface area contributed by atoms with Gasteiger partial charge in [-0.2, -0.15) is 27.8 Å². The Bertz CT molecular complexity index is 881. The topological polar surface area (TPSA) is 0 Å². The molecule has 0 radical (unpaired) electrons. The fraction of sp³-hybridized carbons (Fsp3) is 0.200. The van der Waals surface area contributed by atoms with Gasteiger partial charge in [-0.3, -0.25) is 0 Å². The van der Waals surface area contributed by atoms with Crippen LogP contribution >= 0.6 is 0 Å².